The molecule has 4 rings (SSSR count). The lowest BCUT2D eigenvalue weighted by Gasteiger charge is -2.43. The lowest BCUT2D eigenvalue weighted by Crippen LogP contribution is -2.48. The largest absolute Gasteiger partial charge is 0.434 e. The zero-order chi connectivity index (χ0) is 21.5. The van der Waals surface area contributed by atoms with E-state index in [4.69, 9.17) is 19.3 Å². The molecule has 1 saturated heterocycles. The zero-order valence-electron chi connectivity index (χ0n) is 16.5. The first-order chi connectivity index (χ1) is 14.2. The Morgan fingerprint density at radius 1 is 1.20 bits per heavy atom. The molecule has 0 amide bonds. The van der Waals surface area contributed by atoms with E-state index in [1.807, 2.05) is 0 Å². The molecule has 158 valence electrons. The number of halogens is 3. The fourth-order valence-electron chi connectivity index (χ4n) is 4.60. The molecule has 1 aliphatic heterocycles. The normalized spacial score (nSPS) is 21.3. The third kappa shape index (κ3) is 3.99. The third-order valence-electron chi connectivity index (χ3n) is 6.32. The van der Waals surface area contributed by atoms with Crippen LogP contribution in [0.2, 0.25) is 0 Å². The summed E-state index contributed by atoms with van der Waals surface area (Å²) in [5.41, 5.74) is 12.1. The Morgan fingerprint density at radius 3 is 2.57 bits per heavy atom. The molecular formula is C20H23BF3N5S. The Hall–Kier alpha value is -1.94. The predicted octanol–water partition coefficient (Wildman–Crippen LogP) is 3.12. The lowest BCUT2D eigenvalue weighted by molar-refractivity contribution is -0.143. The SMILES string of the molecule is [B]c1cc(Sc2cccnc2C(F)(F)F)c(N)nc1N1CCC2(CCCC2N)CC1. The molecule has 1 atom stereocenters. The Balaban J connectivity index is 1.54. The summed E-state index contributed by atoms with van der Waals surface area (Å²) in [4.78, 5) is 10.4. The Morgan fingerprint density at radius 2 is 1.93 bits per heavy atom. The van der Waals surface area contributed by atoms with Crippen LogP contribution in [-0.2, 0) is 6.18 Å². The number of rotatable bonds is 3. The maximum absolute atomic E-state index is 13.2. The van der Waals surface area contributed by atoms with Gasteiger partial charge in [0.05, 0.1) is 4.90 Å². The van der Waals surface area contributed by atoms with Crippen molar-refractivity contribution < 1.29 is 13.2 Å². The van der Waals surface area contributed by atoms with Crippen LogP contribution >= 0.6 is 11.8 Å². The second-order valence-electron chi connectivity index (χ2n) is 8.08. The van der Waals surface area contributed by atoms with E-state index in [2.05, 4.69) is 14.9 Å². The molecule has 2 aromatic rings. The Kier molecular flexibility index (Phi) is 5.65. The van der Waals surface area contributed by atoms with E-state index in [1.54, 1.807) is 6.07 Å². The molecule has 0 aromatic carbocycles. The monoisotopic (exact) mass is 433 g/mol. The average Bonchev–Trinajstić information content (AvgIpc) is 3.05. The summed E-state index contributed by atoms with van der Waals surface area (Å²) >= 11 is 0.868. The Labute approximate surface area is 179 Å². The molecule has 2 radical (unpaired) electrons. The number of aromatic nitrogens is 2. The van der Waals surface area contributed by atoms with Gasteiger partial charge >= 0.3 is 6.18 Å². The van der Waals surface area contributed by atoms with Crippen molar-refractivity contribution in [1.82, 2.24) is 9.97 Å². The van der Waals surface area contributed by atoms with Gasteiger partial charge in [-0.25, -0.2) is 4.98 Å². The number of alkyl halides is 3. The van der Waals surface area contributed by atoms with E-state index >= 15 is 0 Å². The number of hydrogen-bond acceptors (Lipinski definition) is 6. The number of hydrogen-bond donors (Lipinski definition) is 2. The average molecular weight is 433 g/mol. The van der Waals surface area contributed by atoms with Gasteiger partial charge in [0.15, 0.2) is 5.69 Å². The highest BCUT2D eigenvalue weighted by Gasteiger charge is 2.43. The minimum Gasteiger partial charge on any atom is -0.383 e. The first-order valence-corrected chi connectivity index (χ1v) is 10.8. The maximum Gasteiger partial charge on any atom is 0.434 e. The van der Waals surface area contributed by atoms with Gasteiger partial charge in [0.25, 0.3) is 0 Å². The number of pyridine rings is 2. The first kappa shape index (κ1) is 21.3. The predicted molar refractivity (Wildman–Crippen MR) is 113 cm³/mol. The molecule has 2 aromatic heterocycles. The van der Waals surface area contributed by atoms with Gasteiger partial charge in [-0.1, -0.05) is 23.6 Å². The van der Waals surface area contributed by atoms with E-state index in [9.17, 15) is 13.2 Å². The summed E-state index contributed by atoms with van der Waals surface area (Å²) in [5, 5.41) is 0. The minimum atomic E-state index is -4.55. The van der Waals surface area contributed by atoms with Crippen LogP contribution < -0.4 is 21.8 Å². The van der Waals surface area contributed by atoms with Gasteiger partial charge in [0.2, 0.25) is 0 Å². The molecule has 0 bridgehead atoms. The van der Waals surface area contributed by atoms with Crippen LogP contribution in [-0.4, -0.2) is 36.9 Å². The van der Waals surface area contributed by atoms with Crippen molar-refractivity contribution in [2.24, 2.45) is 11.1 Å². The fraction of sp³-hybridized carbons (Fsp3) is 0.500. The molecular weight excluding hydrogens is 410 g/mol. The summed E-state index contributed by atoms with van der Waals surface area (Å²) in [7, 11) is 6.24. The molecule has 1 aliphatic carbocycles. The smallest absolute Gasteiger partial charge is 0.383 e. The van der Waals surface area contributed by atoms with Gasteiger partial charge in [0.1, 0.15) is 19.5 Å². The van der Waals surface area contributed by atoms with Crippen molar-refractivity contribution in [1.29, 1.82) is 0 Å². The van der Waals surface area contributed by atoms with Gasteiger partial charge in [-0.15, -0.1) is 0 Å². The van der Waals surface area contributed by atoms with E-state index in [1.165, 1.54) is 18.6 Å². The van der Waals surface area contributed by atoms with Crippen LogP contribution in [0.15, 0.2) is 34.2 Å². The van der Waals surface area contributed by atoms with Crippen LogP contribution in [0.25, 0.3) is 0 Å². The fourth-order valence-corrected chi connectivity index (χ4v) is 5.59. The number of nitrogens with zero attached hydrogens (tertiary/aromatic N) is 3. The highest BCUT2D eigenvalue weighted by atomic mass is 32.2. The van der Waals surface area contributed by atoms with E-state index in [-0.39, 0.29) is 22.2 Å². The van der Waals surface area contributed by atoms with Crippen LogP contribution in [0.1, 0.15) is 37.8 Å². The van der Waals surface area contributed by atoms with Gasteiger partial charge < -0.3 is 16.4 Å². The molecule has 3 heterocycles. The van der Waals surface area contributed by atoms with Gasteiger partial charge in [-0.2, -0.15) is 13.2 Å². The van der Waals surface area contributed by atoms with Crippen molar-refractivity contribution in [3.8, 4) is 0 Å². The molecule has 10 heteroatoms. The van der Waals surface area contributed by atoms with Crippen molar-refractivity contribution >= 4 is 36.7 Å². The van der Waals surface area contributed by atoms with Crippen LogP contribution in [0.5, 0.6) is 0 Å². The van der Waals surface area contributed by atoms with Crippen molar-refractivity contribution in [3.05, 3.63) is 30.1 Å². The van der Waals surface area contributed by atoms with E-state index in [0.29, 0.717) is 16.2 Å². The quantitative estimate of drug-likeness (QED) is 0.725. The summed E-state index contributed by atoms with van der Waals surface area (Å²) in [6.07, 6.45) is 1.94. The van der Waals surface area contributed by atoms with Crippen molar-refractivity contribution in [3.63, 3.8) is 0 Å². The molecule has 1 unspecified atom stereocenters. The standard InChI is InChI=1S/C20H23BF3N5S/c21-12-11-14(30-13-3-2-8-27-16(13)20(22,23)24)17(26)28-18(12)29-9-6-19(7-10-29)5-1-4-15(19)25/h2-3,8,11,15H,1,4-7,9-10,25H2,(H2,26,28). The van der Waals surface area contributed by atoms with Gasteiger partial charge in [-0.05, 0) is 49.3 Å². The van der Waals surface area contributed by atoms with Crippen LogP contribution in [0.4, 0.5) is 24.8 Å². The maximum atomic E-state index is 13.2. The van der Waals surface area contributed by atoms with Crippen LogP contribution in [0, 0.1) is 5.41 Å². The second-order valence-corrected chi connectivity index (χ2v) is 9.17. The van der Waals surface area contributed by atoms with E-state index < -0.39 is 11.9 Å². The zero-order valence-corrected chi connectivity index (χ0v) is 17.3. The molecule has 1 spiro atoms. The first-order valence-electron chi connectivity index (χ1n) is 9.96. The molecule has 2 fully saturated rings. The number of nitrogens with two attached hydrogens (primary N) is 2. The summed E-state index contributed by atoms with van der Waals surface area (Å²) in [5.74, 6) is 0.736. The lowest BCUT2D eigenvalue weighted by atomic mass is 9.74. The Bertz CT molecular complexity index is 931. The molecule has 30 heavy (non-hydrogen) atoms. The second kappa shape index (κ2) is 7.96. The minimum absolute atomic E-state index is 0.0409. The summed E-state index contributed by atoms with van der Waals surface area (Å²) in [6.45, 7) is 1.58. The third-order valence-corrected chi connectivity index (χ3v) is 7.41. The topological polar surface area (TPSA) is 81.1 Å². The number of nitrogen functional groups attached to an aromatic ring is 1. The number of anilines is 2. The molecule has 4 N–H and O–H groups in total. The molecule has 5 nitrogen and oxygen atoms in total. The molecule has 2 aliphatic rings. The highest BCUT2D eigenvalue weighted by molar-refractivity contribution is 7.99. The molecule has 1 saturated carbocycles. The summed E-state index contributed by atoms with van der Waals surface area (Å²) in [6, 6.07) is 4.66. The van der Waals surface area contributed by atoms with E-state index in [0.717, 1.165) is 56.7 Å². The number of piperidine rings is 1. The van der Waals surface area contributed by atoms with Gasteiger partial charge in [0, 0.05) is 30.2 Å². The van der Waals surface area contributed by atoms with Crippen LogP contribution in [0.3, 0.4) is 0 Å². The highest BCUT2D eigenvalue weighted by Crippen LogP contribution is 2.46. The van der Waals surface area contributed by atoms with Crippen molar-refractivity contribution in [2.45, 2.75) is 54.1 Å². The van der Waals surface area contributed by atoms with Crippen molar-refractivity contribution in [2.75, 3.05) is 23.7 Å². The van der Waals surface area contributed by atoms with Gasteiger partial charge in [-0.3, -0.25) is 4.98 Å². The summed E-state index contributed by atoms with van der Waals surface area (Å²) < 4.78 is 39.7.